The third-order valence-electron chi connectivity index (χ3n) is 6.07. The highest BCUT2D eigenvalue weighted by molar-refractivity contribution is 6.02. The number of methoxy groups -OCH3 is 1. The number of hydrogen-bond acceptors (Lipinski definition) is 8. The average molecular weight is 537 g/mol. The summed E-state index contributed by atoms with van der Waals surface area (Å²) >= 11 is 0. The minimum absolute atomic E-state index is 0.165. The van der Waals surface area contributed by atoms with Gasteiger partial charge in [0.15, 0.2) is 11.6 Å². The Kier molecular flexibility index (Phi) is 8.05. The number of rotatable bonds is 10. The molecule has 2 aromatic heterocycles. The van der Waals surface area contributed by atoms with E-state index in [9.17, 15) is 13.6 Å². The summed E-state index contributed by atoms with van der Waals surface area (Å²) in [5, 5.41) is 5.98. The Morgan fingerprint density at radius 1 is 1.13 bits per heavy atom. The van der Waals surface area contributed by atoms with Crippen LogP contribution in [-0.4, -0.2) is 71.7 Å². The van der Waals surface area contributed by atoms with Crippen LogP contribution >= 0.6 is 0 Å². The Bertz CT molecular complexity index is 1540. The Hall–Kier alpha value is -4.58. The van der Waals surface area contributed by atoms with Crippen LogP contribution in [0.5, 0.6) is 5.75 Å². The average Bonchev–Trinajstić information content (AvgIpc) is 3.23. The summed E-state index contributed by atoms with van der Waals surface area (Å²) in [6.45, 7) is 5.04. The van der Waals surface area contributed by atoms with Crippen molar-refractivity contribution in [2.45, 2.75) is 0 Å². The minimum atomic E-state index is -0.715. The molecule has 2 N–H and O–H groups in total. The van der Waals surface area contributed by atoms with Crippen LogP contribution in [0.25, 0.3) is 22.6 Å². The molecule has 4 rings (SSSR count). The van der Waals surface area contributed by atoms with Gasteiger partial charge in [-0.25, -0.2) is 23.7 Å². The largest absolute Gasteiger partial charge is 0.494 e. The zero-order chi connectivity index (χ0) is 28.3. The van der Waals surface area contributed by atoms with Gasteiger partial charge in [0, 0.05) is 51.6 Å². The summed E-state index contributed by atoms with van der Waals surface area (Å²) < 4.78 is 35.3. The van der Waals surface area contributed by atoms with Gasteiger partial charge in [-0.2, -0.15) is 0 Å². The van der Waals surface area contributed by atoms with Crippen molar-refractivity contribution in [3.05, 3.63) is 60.8 Å². The van der Waals surface area contributed by atoms with Crippen LogP contribution in [0.4, 0.5) is 31.8 Å². The van der Waals surface area contributed by atoms with Crippen molar-refractivity contribution in [3.8, 4) is 17.3 Å². The second-order valence-corrected chi connectivity index (χ2v) is 9.13. The number of nitrogens with zero attached hydrogens (tertiary/aromatic N) is 6. The van der Waals surface area contributed by atoms with Gasteiger partial charge in [-0.15, -0.1) is 0 Å². The van der Waals surface area contributed by atoms with Gasteiger partial charge in [-0.3, -0.25) is 4.79 Å². The Morgan fingerprint density at radius 2 is 1.90 bits per heavy atom. The van der Waals surface area contributed by atoms with E-state index in [1.165, 1.54) is 30.0 Å². The normalized spacial score (nSPS) is 11.1. The number of fused-ring (bicyclic) bond motifs is 1. The van der Waals surface area contributed by atoms with E-state index < -0.39 is 11.6 Å². The van der Waals surface area contributed by atoms with Crippen molar-refractivity contribution in [2.75, 3.05) is 56.9 Å². The van der Waals surface area contributed by atoms with E-state index in [0.717, 1.165) is 18.3 Å². The first kappa shape index (κ1) is 27.5. The number of ether oxygens (including phenoxy) is 1. The summed E-state index contributed by atoms with van der Waals surface area (Å²) in [4.78, 5) is 29.5. The van der Waals surface area contributed by atoms with E-state index in [1.54, 1.807) is 19.2 Å². The molecule has 2 heterocycles. The molecular formula is C27H30F2N8O2. The van der Waals surface area contributed by atoms with E-state index in [1.807, 2.05) is 32.1 Å². The van der Waals surface area contributed by atoms with Crippen molar-refractivity contribution >= 4 is 40.0 Å². The molecule has 1 amide bonds. The Morgan fingerprint density at radius 3 is 2.59 bits per heavy atom. The number of amides is 1. The predicted molar refractivity (Wildman–Crippen MR) is 149 cm³/mol. The van der Waals surface area contributed by atoms with E-state index in [0.29, 0.717) is 35.2 Å². The third-order valence-corrected chi connectivity index (χ3v) is 6.07. The molecule has 0 saturated carbocycles. The highest BCUT2D eigenvalue weighted by Gasteiger charge is 2.19. The van der Waals surface area contributed by atoms with Crippen LogP contribution in [0.1, 0.15) is 0 Å². The molecule has 0 aliphatic rings. The third kappa shape index (κ3) is 5.96. The van der Waals surface area contributed by atoms with Gasteiger partial charge in [0.05, 0.1) is 29.7 Å². The maximum absolute atomic E-state index is 14.4. The summed E-state index contributed by atoms with van der Waals surface area (Å²) in [5.74, 6) is -0.752. The van der Waals surface area contributed by atoms with E-state index in [-0.39, 0.29) is 22.9 Å². The van der Waals surface area contributed by atoms with Gasteiger partial charge < -0.3 is 29.7 Å². The molecule has 0 fully saturated rings. The van der Waals surface area contributed by atoms with Crippen molar-refractivity contribution in [3.63, 3.8) is 0 Å². The van der Waals surface area contributed by atoms with Crippen LogP contribution in [0.2, 0.25) is 0 Å². The van der Waals surface area contributed by atoms with Crippen LogP contribution in [0.15, 0.2) is 49.2 Å². The molecule has 0 unspecified atom stereocenters. The zero-order valence-electron chi connectivity index (χ0n) is 22.4. The number of halogens is 2. The van der Waals surface area contributed by atoms with Gasteiger partial charge in [-0.05, 0) is 32.3 Å². The van der Waals surface area contributed by atoms with E-state index >= 15 is 0 Å². The minimum Gasteiger partial charge on any atom is -0.494 e. The number of likely N-dealkylation sites (N-methyl/N-ethyl adjacent to an activating group) is 2. The van der Waals surface area contributed by atoms with Crippen LogP contribution in [0, 0.1) is 11.6 Å². The van der Waals surface area contributed by atoms with Gasteiger partial charge >= 0.3 is 0 Å². The molecule has 0 atom stereocenters. The lowest BCUT2D eigenvalue weighted by Crippen LogP contribution is -2.29. The van der Waals surface area contributed by atoms with Crippen LogP contribution < -0.4 is 20.3 Å². The number of carbonyl (C=O) groups excluding carboxylic acids is 1. The van der Waals surface area contributed by atoms with Crippen LogP contribution in [0.3, 0.4) is 0 Å². The van der Waals surface area contributed by atoms with Gasteiger partial charge in [0.25, 0.3) is 0 Å². The first-order chi connectivity index (χ1) is 18.6. The number of benzene rings is 2. The Labute approximate surface area is 224 Å². The van der Waals surface area contributed by atoms with Crippen molar-refractivity contribution in [2.24, 2.45) is 7.05 Å². The second kappa shape index (κ2) is 11.4. The summed E-state index contributed by atoms with van der Waals surface area (Å²) in [7, 11) is 9.06. The lowest BCUT2D eigenvalue weighted by Gasteiger charge is -2.26. The zero-order valence-corrected chi connectivity index (χ0v) is 22.4. The predicted octanol–water partition coefficient (Wildman–Crippen LogP) is 4.18. The molecule has 0 bridgehead atoms. The SMILES string of the molecule is C=CC(=O)Nc1cc(Nc2nccc(-c3nc4cc(F)cc(F)c4n3C)n2)c(OC)cc1N(C)CCN(C)C. The standard InChI is InChI=1S/C27H30F2N8O2/c1-7-24(38)31-19-14-20(23(39-6)15-22(19)36(4)11-10-35(2)3)34-27-30-9-8-18(33-27)26-32-21-13-16(28)12-17(29)25(21)37(26)5/h7-9,12-15H,1,10-11H2,2-6H3,(H,31,38)(H,30,33,34). The van der Waals surface area contributed by atoms with Gasteiger partial charge in [0.1, 0.15) is 22.8 Å². The van der Waals surface area contributed by atoms with Crippen molar-refractivity contribution in [1.82, 2.24) is 24.4 Å². The molecule has 39 heavy (non-hydrogen) atoms. The van der Waals surface area contributed by atoms with Crippen molar-refractivity contribution in [1.29, 1.82) is 0 Å². The smallest absolute Gasteiger partial charge is 0.247 e. The highest BCUT2D eigenvalue weighted by Crippen LogP contribution is 2.38. The lowest BCUT2D eigenvalue weighted by molar-refractivity contribution is -0.111. The first-order valence-corrected chi connectivity index (χ1v) is 12.0. The molecule has 204 valence electrons. The molecule has 0 radical (unpaired) electrons. The number of aryl methyl sites for hydroxylation is 1. The van der Waals surface area contributed by atoms with Gasteiger partial charge in [-0.1, -0.05) is 6.58 Å². The van der Waals surface area contributed by atoms with Crippen molar-refractivity contribution < 1.29 is 18.3 Å². The summed E-state index contributed by atoms with van der Waals surface area (Å²) in [6, 6.07) is 7.14. The fraction of sp³-hybridized carbons (Fsp3) is 0.259. The monoisotopic (exact) mass is 536 g/mol. The number of nitrogens with one attached hydrogen (secondary N) is 2. The quantitative estimate of drug-likeness (QED) is 0.291. The number of carbonyl (C=O) groups is 1. The number of imidazole rings is 1. The molecule has 10 nitrogen and oxygen atoms in total. The van der Waals surface area contributed by atoms with Crippen LogP contribution in [-0.2, 0) is 11.8 Å². The fourth-order valence-electron chi connectivity index (χ4n) is 4.06. The van der Waals surface area contributed by atoms with E-state index in [2.05, 4.69) is 37.1 Å². The summed E-state index contributed by atoms with van der Waals surface area (Å²) in [6.07, 6.45) is 2.72. The first-order valence-electron chi connectivity index (χ1n) is 12.0. The van der Waals surface area contributed by atoms with E-state index in [4.69, 9.17) is 4.74 Å². The lowest BCUT2D eigenvalue weighted by atomic mass is 10.2. The number of hydrogen-bond donors (Lipinski definition) is 2. The molecule has 2 aromatic carbocycles. The summed E-state index contributed by atoms with van der Waals surface area (Å²) in [5.41, 5.74) is 2.52. The molecule has 0 aliphatic heterocycles. The number of aromatic nitrogens is 4. The molecule has 0 spiro atoms. The molecule has 0 saturated heterocycles. The Balaban J connectivity index is 1.72. The second-order valence-electron chi connectivity index (χ2n) is 9.13. The molecule has 12 heteroatoms. The van der Waals surface area contributed by atoms with Gasteiger partial charge in [0.2, 0.25) is 11.9 Å². The maximum Gasteiger partial charge on any atom is 0.247 e. The highest BCUT2D eigenvalue weighted by atomic mass is 19.1. The fourth-order valence-corrected chi connectivity index (χ4v) is 4.06. The molecule has 0 aliphatic carbocycles. The molecular weight excluding hydrogens is 506 g/mol. The topological polar surface area (TPSA) is 100 Å². The maximum atomic E-state index is 14.4. The number of anilines is 4. The molecule has 4 aromatic rings.